The van der Waals surface area contributed by atoms with E-state index >= 15 is 0 Å². The van der Waals surface area contributed by atoms with Crippen molar-refractivity contribution in [3.8, 4) is 0 Å². The molecule has 0 bridgehead atoms. The fraction of sp³-hybridized carbons (Fsp3) is 0.500. The second-order valence-corrected chi connectivity index (χ2v) is 8.20. The first-order valence-corrected chi connectivity index (χ1v) is 8.99. The first-order chi connectivity index (χ1) is 9.09. The van der Waals surface area contributed by atoms with E-state index in [4.69, 9.17) is 23.2 Å². The van der Waals surface area contributed by atoms with Gasteiger partial charge in [-0.05, 0) is 25.5 Å². The van der Waals surface area contributed by atoms with Gasteiger partial charge in [0.25, 0.3) is 0 Å². The Bertz CT molecular complexity index is 567. The molecule has 2 N–H and O–H groups in total. The lowest BCUT2D eigenvalue weighted by molar-refractivity contribution is 0.0554. The Labute approximate surface area is 137 Å². The highest BCUT2D eigenvalue weighted by Crippen LogP contribution is 2.32. The SMILES string of the molecule is CCCC(C)(O)CNS(=O)(=O)c1c(Cl)cc(Br)cc1Cl. The monoisotopic (exact) mass is 403 g/mol. The molecule has 1 atom stereocenters. The predicted octanol–water partition coefficient (Wildman–Crippen LogP) is 3.59. The topological polar surface area (TPSA) is 66.4 Å². The average molecular weight is 405 g/mol. The van der Waals surface area contributed by atoms with Crippen molar-refractivity contribution in [1.82, 2.24) is 4.72 Å². The highest BCUT2D eigenvalue weighted by atomic mass is 79.9. The van der Waals surface area contributed by atoms with Crippen LogP contribution in [0.1, 0.15) is 26.7 Å². The Balaban J connectivity index is 3.01. The van der Waals surface area contributed by atoms with Gasteiger partial charge in [0, 0.05) is 11.0 Å². The van der Waals surface area contributed by atoms with Crippen molar-refractivity contribution in [2.45, 2.75) is 37.2 Å². The minimum Gasteiger partial charge on any atom is -0.389 e. The molecule has 20 heavy (non-hydrogen) atoms. The molecule has 4 nitrogen and oxygen atoms in total. The van der Waals surface area contributed by atoms with Crippen LogP contribution >= 0.6 is 39.1 Å². The van der Waals surface area contributed by atoms with E-state index in [1.807, 2.05) is 6.92 Å². The van der Waals surface area contributed by atoms with E-state index in [1.54, 1.807) is 6.92 Å². The van der Waals surface area contributed by atoms with E-state index in [9.17, 15) is 13.5 Å². The fourth-order valence-electron chi connectivity index (χ4n) is 1.74. The van der Waals surface area contributed by atoms with Crippen molar-refractivity contribution >= 4 is 49.2 Å². The second-order valence-electron chi connectivity index (χ2n) is 4.77. The number of sulfonamides is 1. The van der Waals surface area contributed by atoms with Gasteiger partial charge in [-0.25, -0.2) is 13.1 Å². The molecule has 0 saturated heterocycles. The maximum Gasteiger partial charge on any atom is 0.243 e. The molecule has 0 heterocycles. The molecule has 1 rings (SSSR count). The maximum atomic E-state index is 12.2. The van der Waals surface area contributed by atoms with Crippen LogP contribution in [0.5, 0.6) is 0 Å². The zero-order chi connectivity index (χ0) is 15.6. The molecular weight excluding hydrogens is 389 g/mol. The van der Waals surface area contributed by atoms with Crippen LogP contribution in [0.4, 0.5) is 0 Å². The summed E-state index contributed by atoms with van der Waals surface area (Å²) in [5.74, 6) is 0. The molecule has 0 aliphatic carbocycles. The normalized spacial score (nSPS) is 15.1. The second kappa shape index (κ2) is 6.94. The van der Waals surface area contributed by atoms with Gasteiger partial charge in [0.2, 0.25) is 10.0 Å². The summed E-state index contributed by atoms with van der Waals surface area (Å²) in [4.78, 5) is -0.184. The van der Waals surface area contributed by atoms with E-state index in [-0.39, 0.29) is 21.5 Å². The Hall–Kier alpha value is 0.150. The van der Waals surface area contributed by atoms with Crippen LogP contribution in [0.15, 0.2) is 21.5 Å². The van der Waals surface area contributed by atoms with E-state index in [2.05, 4.69) is 20.7 Å². The Morgan fingerprint density at radius 3 is 2.30 bits per heavy atom. The quantitative estimate of drug-likeness (QED) is 0.761. The molecule has 0 aliphatic heterocycles. The lowest BCUT2D eigenvalue weighted by Crippen LogP contribution is -2.40. The number of rotatable bonds is 6. The Morgan fingerprint density at radius 1 is 1.35 bits per heavy atom. The molecule has 1 aromatic rings. The molecule has 0 aromatic heterocycles. The van der Waals surface area contributed by atoms with Gasteiger partial charge in [-0.15, -0.1) is 0 Å². The zero-order valence-corrected chi connectivity index (χ0v) is 15.0. The molecule has 0 aliphatic rings. The predicted molar refractivity (Wildman–Crippen MR) is 84.9 cm³/mol. The van der Waals surface area contributed by atoms with Gasteiger partial charge in [-0.1, -0.05) is 52.5 Å². The van der Waals surface area contributed by atoms with Crippen LogP contribution in [-0.4, -0.2) is 25.7 Å². The maximum absolute atomic E-state index is 12.2. The molecule has 0 saturated carbocycles. The van der Waals surface area contributed by atoms with E-state index in [0.717, 1.165) is 6.42 Å². The Morgan fingerprint density at radius 2 is 1.85 bits per heavy atom. The lowest BCUT2D eigenvalue weighted by Gasteiger charge is -2.23. The van der Waals surface area contributed by atoms with Crippen molar-refractivity contribution in [1.29, 1.82) is 0 Å². The van der Waals surface area contributed by atoms with Crippen molar-refractivity contribution in [2.75, 3.05) is 6.54 Å². The molecular formula is C12H16BrCl2NO3S. The van der Waals surface area contributed by atoms with Gasteiger partial charge in [0.05, 0.1) is 15.6 Å². The van der Waals surface area contributed by atoms with E-state index in [1.165, 1.54) is 12.1 Å². The summed E-state index contributed by atoms with van der Waals surface area (Å²) in [6, 6.07) is 2.90. The van der Waals surface area contributed by atoms with Crippen LogP contribution in [0.3, 0.4) is 0 Å². The third-order valence-electron chi connectivity index (χ3n) is 2.66. The molecule has 0 radical (unpaired) electrons. The standard InChI is InChI=1S/C12H16BrCl2NO3S/c1-3-4-12(2,17)7-16-20(18,19)11-9(14)5-8(13)6-10(11)15/h5-6,16-17H,3-4,7H2,1-2H3. The third kappa shape index (κ3) is 4.86. The van der Waals surface area contributed by atoms with Crippen molar-refractivity contribution < 1.29 is 13.5 Å². The first-order valence-electron chi connectivity index (χ1n) is 5.95. The van der Waals surface area contributed by atoms with Crippen LogP contribution in [0.2, 0.25) is 10.0 Å². The summed E-state index contributed by atoms with van der Waals surface area (Å²) in [7, 11) is -3.88. The van der Waals surface area contributed by atoms with Gasteiger partial charge in [-0.3, -0.25) is 0 Å². The van der Waals surface area contributed by atoms with Gasteiger partial charge in [-0.2, -0.15) is 0 Å². The summed E-state index contributed by atoms with van der Waals surface area (Å²) < 4.78 is 27.4. The van der Waals surface area contributed by atoms with Gasteiger partial charge in [0.15, 0.2) is 0 Å². The lowest BCUT2D eigenvalue weighted by atomic mass is 10.0. The fourth-order valence-corrected chi connectivity index (χ4v) is 4.83. The number of nitrogens with one attached hydrogen (secondary N) is 1. The first kappa shape index (κ1) is 18.2. The van der Waals surface area contributed by atoms with E-state index in [0.29, 0.717) is 10.9 Å². The summed E-state index contributed by atoms with van der Waals surface area (Å²) in [5, 5.41) is 10.0. The van der Waals surface area contributed by atoms with Crippen LogP contribution in [0, 0.1) is 0 Å². The van der Waals surface area contributed by atoms with Gasteiger partial charge in [0.1, 0.15) is 4.90 Å². The highest BCUT2D eigenvalue weighted by molar-refractivity contribution is 9.10. The number of halogens is 3. The van der Waals surface area contributed by atoms with Crippen LogP contribution in [-0.2, 0) is 10.0 Å². The minimum atomic E-state index is -3.88. The number of hydrogen-bond acceptors (Lipinski definition) is 3. The van der Waals surface area contributed by atoms with Gasteiger partial charge < -0.3 is 5.11 Å². The summed E-state index contributed by atoms with van der Waals surface area (Å²) >= 11 is 15.0. The average Bonchev–Trinajstić information content (AvgIpc) is 2.24. The van der Waals surface area contributed by atoms with Gasteiger partial charge >= 0.3 is 0 Å². The largest absolute Gasteiger partial charge is 0.389 e. The summed E-state index contributed by atoms with van der Waals surface area (Å²) in [6.07, 6.45) is 1.23. The number of hydrogen-bond donors (Lipinski definition) is 2. The molecule has 1 aromatic carbocycles. The molecule has 0 fully saturated rings. The molecule has 114 valence electrons. The number of aliphatic hydroxyl groups is 1. The zero-order valence-electron chi connectivity index (χ0n) is 11.1. The number of benzene rings is 1. The minimum absolute atomic E-state index is 0.0204. The van der Waals surface area contributed by atoms with E-state index < -0.39 is 15.6 Å². The smallest absolute Gasteiger partial charge is 0.243 e. The summed E-state index contributed by atoms with van der Waals surface area (Å²) in [5.41, 5.74) is -1.11. The van der Waals surface area contributed by atoms with Crippen LogP contribution < -0.4 is 4.72 Å². The third-order valence-corrected chi connectivity index (χ3v) is 5.44. The highest BCUT2D eigenvalue weighted by Gasteiger charge is 2.26. The molecule has 8 heteroatoms. The molecule has 0 spiro atoms. The van der Waals surface area contributed by atoms with Crippen molar-refractivity contribution in [3.63, 3.8) is 0 Å². The summed E-state index contributed by atoms with van der Waals surface area (Å²) in [6.45, 7) is 3.38. The van der Waals surface area contributed by atoms with Crippen LogP contribution in [0.25, 0.3) is 0 Å². The van der Waals surface area contributed by atoms with Crippen molar-refractivity contribution in [3.05, 3.63) is 26.7 Å². The van der Waals surface area contributed by atoms with Crippen molar-refractivity contribution in [2.24, 2.45) is 0 Å². The Kier molecular flexibility index (Phi) is 6.32. The molecule has 0 amide bonds. The molecule has 1 unspecified atom stereocenters.